The molecule has 0 spiro atoms. The number of fused-ring (bicyclic) bond motifs is 3. The number of hydrogen-bond donors (Lipinski definition) is 1. The molecule has 8 nitrogen and oxygen atoms in total. The zero-order valence-electron chi connectivity index (χ0n) is 17.6. The molecule has 0 unspecified atom stereocenters. The predicted molar refractivity (Wildman–Crippen MR) is 133 cm³/mol. The van der Waals surface area contributed by atoms with Crippen molar-refractivity contribution < 1.29 is 8.83 Å². The molecule has 0 aliphatic rings. The van der Waals surface area contributed by atoms with Crippen molar-refractivity contribution >= 4 is 49.8 Å². The van der Waals surface area contributed by atoms with Gasteiger partial charge in [0.1, 0.15) is 16.9 Å². The summed E-state index contributed by atoms with van der Waals surface area (Å²) >= 11 is 4.79. The number of rotatable bonds is 6. The largest absolute Gasteiger partial charge is 0.449 e. The summed E-state index contributed by atoms with van der Waals surface area (Å²) in [6, 6.07) is 21.2. The number of nitrogens with one attached hydrogen (secondary N) is 1. The van der Waals surface area contributed by atoms with Crippen LogP contribution >= 0.6 is 27.7 Å². The van der Waals surface area contributed by atoms with Crippen LogP contribution in [0.1, 0.15) is 11.4 Å². The number of aromatic amines is 1. The highest BCUT2D eigenvalue weighted by Crippen LogP contribution is 2.30. The van der Waals surface area contributed by atoms with Crippen molar-refractivity contribution in [2.45, 2.75) is 17.5 Å². The van der Waals surface area contributed by atoms with Crippen LogP contribution in [0.3, 0.4) is 0 Å². The number of thioether (sulfide) groups is 1. The van der Waals surface area contributed by atoms with E-state index in [0.29, 0.717) is 50.6 Å². The van der Waals surface area contributed by atoms with E-state index in [9.17, 15) is 4.79 Å². The molecular weight excluding hydrogens is 518 g/mol. The highest BCUT2D eigenvalue weighted by molar-refractivity contribution is 9.10. The number of halogens is 1. The SMILES string of the molecule is O=c1[nH]c(CSc2nnc(-c3ccc(Br)o3)n2Cc2ccccc2)nc2c1oc1ccccc12. The van der Waals surface area contributed by atoms with Crippen molar-refractivity contribution in [2.75, 3.05) is 0 Å². The Hall–Kier alpha value is -3.63. The van der Waals surface area contributed by atoms with Gasteiger partial charge in [-0.3, -0.25) is 9.36 Å². The fraction of sp³-hybridized carbons (Fsp3) is 0.0833. The first-order chi connectivity index (χ1) is 16.7. The molecule has 168 valence electrons. The topological polar surface area (TPSA) is 103 Å². The van der Waals surface area contributed by atoms with Gasteiger partial charge in [0.2, 0.25) is 11.4 Å². The summed E-state index contributed by atoms with van der Waals surface area (Å²) in [5.74, 6) is 2.17. The van der Waals surface area contributed by atoms with Crippen LogP contribution in [0.25, 0.3) is 33.7 Å². The molecule has 0 bridgehead atoms. The van der Waals surface area contributed by atoms with Crippen molar-refractivity contribution in [1.82, 2.24) is 24.7 Å². The molecule has 0 aliphatic heterocycles. The van der Waals surface area contributed by atoms with Gasteiger partial charge in [-0.05, 0) is 45.8 Å². The van der Waals surface area contributed by atoms with E-state index in [1.54, 1.807) is 0 Å². The second-order valence-corrected chi connectivity index (χ2v) is 9.28. The van der Waals surface area contributed by atoms with Crippen LogP contribution in [0.4, 0.5) is 0 Å². The first kappa shape index (κ1) is 20.9. The van der Waals surface area contributed by atoms with Gasteiger partial charge in [-0.25, -0.2) is 4.98 Å². The van der Waals surface area contributed by atoms with E-state index in [2.05, 4.69) is 36.1 Å². The van der Waals surface area contributed by atoms with Gasteiger partial charge in [0.05, 0.1) is 12.3 Å². The van der Waals surface area contributed by atoms with Crippen LogP contribution in [0.15, 0.2) is 90.2 Å². The summed E-state index contributed by atoms with van der Waals surface area (Å²) < 4.78 is 14.0. The van der Waals surface area contributed by atoms with Crippen LogP contribution in [-0.4, -0.2) is 24.7 Å². The third kappa shape index (κ3) is 3.84. The molecule has 0 aliphatic carbocycles. The first-order valence-corrected chi connectivity index (χ1v) is 12.2. The van der Waals surface area contributed by atoms with Crippen LogP contribution < -0.4 is 5.56 Å². The average Bonchev–Trinajstić information content (AvgIpc) is 3.56. The summed E-state index contributed by atoms with van der Waals surface area (Å²) in [6.45, 7) is 0.569. The fourth-order valence-corrected chi connectivity index (χ4v) is 4.88. The van der Waals surface area contributed by atoms with Gasteiger partial charge in [0.25, 0.3) is 5.56 Å². The van der Waals surface area contributed by atoms with Crippen LogP contribution in [0, 0.1) is 0 Å². The molecule has 0 saturated heterocycles. The number of benzene rings is 2. The zero-order chi connectivity index (χ0) is 23.1. The quantitative estimate of drug-likeness (QED) is 0.277. The van der Waals surface area contributed by atoms with E-state index in [1.165, 1.54) is 11.8 Å². The van der Waals surface area contributed by atoms with E-state index in [-0.39, 0.29) is 11.1 Å². The molecule has 0 fully saturated rings. The molecule has 1 N–H and O–H groups in total. The van der Waals surface area contributed by atoms with E-state index in [1.807, 2.05) is 71.3 Å². The highest BCUT2D eigenvalue weighted by atomic mass is 79.9. The van der Waals surface area contributed by atoms with Crippen molar-refractivity contribution in [3.05, 3.63) is 93.1 Å². The van der Waals surface area contributed by atoms with Gasteiger partial charge in [-0.15, -0.1) is 10.2 Å². The molecule has 34 heavy (non-hydrogen) atoms. The van der Waals surface area contributed by atoms with Gasteiger partial charge >= 0.3 is 0 Å². The normalized spacial score (nSPS) is 11.6. The Morgan fingerprint density at radius 3 is 2.62 bits per heavy atom. The Balaban J connectivity index is 1.35. The molecule has 0 atom stereocenters. The summed E-state index contributed by atoms with van der Waals surface area (Å²) in [4.78, 5) is 20.1. The second kappa shape index (κ2) is 8.62. The molecule has 4 aromatic heterocycles. The maximum Gasteiger partial charge on any atom is 0.294 e. The van der Waals surface area contributed by atoms with Crippen molar-refractivity contribution in [2.24, 2.45) is 0 Å². The lowest BCUT2D eigenvalue weighted by Crippen LogP contribution is -2.10. The summed E-state index contributed by atoms with van der Waals surface area (Å²) in [6.07, 6.45) is 0. The lowest BCUT2D eigenvalue weighted by molar-refractivity contribution is 0.545. The smallest absolute Gasteiger partial charge is 0.294 e. The number of hydrogen-bond acceptors (Lipinski definition) is 7. The van der Waals surface area contributed by atoms with Crippen molar-refractivity contribution in [3.8, 4) is 11.6 Å². The number of H-pyrrole nitrogens is 1. The third-order valence-corrected chi connectivity index (χ3v) is 6.72. The second-order valence-electron chi connectivity index (χ2n) is 7.56. The first-order valence-electron chi connectivity index (χ1n) is 10.4. The van der Waals surface area contributed by atoms with Crippen molar-refractivity contribution in [3.63, 3.8) is 0 Å². The summed E-state index contributed by atoms with van der Waals surface area (Å²) in [7, 11) is 0. The highest BCUT2D eigenvalue weighted by Gasteiger charge is 2.19. The van der Waals surface area contributed by atoms with E-state index >= 15 is 0 Å². The molecule has 0 saturated carbocycles. The minimum Gasteiger partial charge on any atom is -0.449 e. The summed E-state index contributed by atoms with van der Waals surface area (Å²) in [5, 5.41) is 10.3. The number of aromatic nitrogens is 5. The number of para-hydroxylation sites is 1. The molecular formula is C24H16BrN5O3S. The molecule has 0 amide bonds. The van der Waals surface area contributed by atoms with Crippen molar-refractivity contribution in [1.29, 1.82) is 0 Å². The lowest BCUT2D eigenvalue weighted by Gasteiger charge is -2.09. The van der Waals surface area contributed by atoms with Gasteiger partial charge < -0.3 is 13.8 Å². The Bertz CT molecular complexity index is 1690. The molecule has 0 radical (unpaired) electrons. The maximum atomic E-state index is 12.6. The maximum absolute atomic E-state index is 12.6. The van der Waals surface area contributed by atoms with Crippen LogP contribution in [0.2, 0.25) is 0 Å². The lowest BCUT2D eigenvalue weighted by atomic mass is 10.2. The third-order valence-electron chi connectivity index (χ3n) is 5.31. The Morgan fingerprint density at radius 2 is 1.79 bits per heavy atom. The molecule has 6 aromatic rings. The Kier molecular flexibility index (Phi) is 5.31. The predicted octanol–water partition coefficient (Wildman–Crippen LogP) is 5.62. The van der Waals surface area contributed by atoms with Gasteiger partial charge in [0, 0.05) is 5.39 Å². The summed E-state index contributed by atoms with van der Waals surface area (Å²) in [5.41, 5.74) is 2.23. The van der Waals surface area contributed by atoms with Gasteiger partial charge in [-0.2, -0.15) is 0 Å². The fourth-order valence-electron chi connectivity index (χ4n) is 3.77. The number of furan rings is 2. The van der Waals surface area contributed by atoms with Gasteiger partial charge in [-0.1, -0.05) is 54.2 Å². The minimum absolute atomic E-state index is 0.230. The van der Waals surface area contributed by atoms with Crippen LogP contribution in [-0.2, 0) is 12.3 Å². The molecule has 4 heterocycles. The van der Waals surface area contributed by atoms with E-state index in [0.717, 1.165) is 10.9 Å². The van der Waals surface area contributed by atoms with E-state index in [4.69, 9.17) is 8.83 Å². The molecule has 6 rings (SSSR count). The van der Waals surface area contributed by atoms with Crippen LogP contribution in [0.5, 0.6) is 0 Å². The van der Waals surface area contributed by atoms with Gasteiger partial charge in [0.15, 0.2) is 15.6 Å². The molecule has 2 aromatic carbocycles. The average molecular weight is 534 g/mol. The zero-order valence-corrected chi connectivity index (χ0v) is 20.0. The van der Waals surface area contributed by atoms with E-state index < -0.39 is 0 Å². The number of nitrogens with zero attached hydrogens (tertiary/aromatic N) is 4. The standard InChI is InChI=1S/C24H16BrN5O3S/c25-18-11-10-17(32-18)22-28-29-24(30(22)12-14-6-2-1-3-7-14)34-13-19-26-20-15-8-4-5-9-16(15)33-21(20)23(31)27-19/h1-11H,12-13H2,(H,26,27,31). The Morgan fingerprint density at radius 1 is 0.971 bits per heavy atom. The molecule has 10 heteroatoms. The Labute approximate surface area is 205 Å². The minimum atomic E-state index is -0.302. The monoisotopic (exact) mass is 533 g/mol.